The van der Waals surface area contributed by atoms with E-state index in [1.807, 2.05) is 54.6 Å². The summed E-state index contributed by atoms with van der Waals surface area (Å²) < 4.78 is 10.8. The highest BCUT2D eigenvalue weighted by molar-refractivity contribution is 6.33. The summed E-state index contributed by atoms with van der Waals surface area (Å²) in [4.78, 5) is 30.5. The molecule has 3 aliphatic rings. The zero-order valence-corrected chi connectivity index (χ0v) is 18.7. The van der Waals surface area contributed by atoms with Gasteiger partial charge < -0.3 is 14.4 Å². The van der Waals surface area contributed by atoms with Crippen molar-refractivity contribution >= 4 is 29.2 Å². The van der Waals surface area contributed by atoms with Crippen molar-refractivity contribution in [3.05, 3.63) is 89.0 Å². The molecular weight excluding hydrogens is 428 g/mol. The van der Waals surface area contributed by atoms with Crippen LogP contribution in [0.2, 0.25) is 0 Å². The number of hydrogen-bond donors (Lipinski definition) is 0. The van der Waals surface area contributed by atoms with Crippen molar-refractivity contribution in [1.82, 2.24) is 4.90 Å². The molecule has 6 rings (SSSR count). The minimum absolute atomic E-state index is 0.161. The van der Waals surface area contributed by atoms with Gasteiger partial charge in [0.25, 0.3) is 11.8 Å². The van der Waals surface area contributed by atoms with Gasteiger partial charge in [-0.15, -0.1) is 0 Å². The van der Waals surface area contributed by atoms with E-state index in [1.54, 1.807) is 6.07 Å². The number of rotatable bonds is 4. The standard InChI is InChI=1S/C28H24N2O4/c31-27-23-6-2-1-5-22(23)24(15-19-7-10-21(11-8-19)29-13-3-4-14-29)28(32)30(27)17-20-9-12-25-26(16-20)34-18-33-25/h1-2,5-12,15-16H,3-4,13-14,17-18H2/b24-15+. The Hall–Kier alpha value is -4.06. The lowest BCUT2D eigenvalue weighted by molar-refractivity contribution is -0.123. The lowest BCUT2D eigenvalue weighted by atomic mass is 9.91. The van der Waals surface area contributed by atoms with Crippen LogP contribution >= 0.6 is 0 Å². The molecule has 1 saturated heterocycles. The van der Waals surface area contributed by atoms with E-state index in [-0.39, 0.29) is 25.2 Å². The highest BCUT2D eigenvalue weighted by Crippen LogP contribution is 2.35. The monoisotopic (exact) mass is 452 g/mol. The first-order valence-corrected chi connectivity index (χ1v) is 11.6. The predicted molar refractivity (Wildman–Crippen MR) is 130 cm³/mol. The molecule has 1 fully saturated rings. The molecule has 6 nitrogen and oxygen atoms in total. The van der Waals surface area contributed by atoms with Gasteiger partial charge in [0.15, 0.2) is 11.5 Å². The van der Waals surface area contributed by atoms with Crippen molar-refractivity contribution in [2.45, 2.75) is 19.4 Å². The maximum Gasteiger partial charge on any atom is 0.261 e. The average Bonchev–Trinajstić information content (AvgIpc) is 3.57. The van der Waals surface area contributed by atoms with Crippen LogP contribution in [0.3, 0.4) is 0 Å². The van der Waals surface area contributed by atoms with Gasteiger partial charge in [0.2, 0.25) is 6.79 Å². The largest absolute Gasteiger partial charge is 0.454 e. The van der Waals surface area contributed by atoms with Gasteiger partial charge in [0.1, 0.15) is 0 Å². The second-order valence-electron chi connectivity index (χ2n) is 8.77. The molecule has 0 atom stereocenters. The van der Waals surface area contributed by atoms with Gasteiger partial charge in [0.05, 0.1) is 6.54 Å². The molecule has 3 aromatic carbocycles. The summed E-state index contributed by atoms with van der Waals surface area (Å²) in [6.45, 7) is 2.51. The fraction of sp³-hybridized carbons (Fsp3) is 0.214. The van der Waals surface area contributed by atoms with E-state index < -0.39 is 0 Å². The third kappa shape index (κ3) is 3.61. The second-order valence-corrected chi connectivity index (χ2v) is 8.77. The third-order valence-corrected chi connectivity index (χ3v) is 6.62. The van der Waals surface area contributed by atoms with Crippen molar-refractivity contribution in [2.75, 3.05) is 24.8 Å². The Morgan fingerprint density at radius 2 is 1.53 bits per heavy atom. The Kier molecular flexibility index (Phi) is 5.06. The molecule has 0 radical (unpaired) electrons. The first-order valence-electron chi connectivity index (χ1n) is 11.6. The highest BCUT2D eigenvalue weighted by atomic mass is 16.7. The molecule has 0 unspecified atom stereocenters. The van der Waals surface area contributed by atoms with Crippen molar-refractivity contribution in [2.24, 2.45) is 0 Å². The van der Waals surface area contributed by atoms with Gasteiger partial charge >= 0.3 is 0 Å². The van der Waals surface area contributed by atoms with Crippen molar-refractivity contribution in [3.8, 4) is 11.5 Å². The summed E-state index contributed by atoms with van der Waals surface area (Å²) in [6, 6.07) is 21.1. The number of anilines is 1. The number of ether oxygens (including phenoxy) is 2. The maximum absolute atomic E-state index is 13.6. The van der Waals surface area contributed by atoms with Crippen LogP contribution in [0.5, 0.6) is 11.5 Å². The number of hydrogen-bond acceptors (Lipinski definition) is 5. The minimum atomic E-state index is -0.301. The molecule has 0 saturated carbocycles. The van der Waals surface area contributed by atoms with Crippen LogP contribution in [-0.4, -0.2) is 36.6 Å². The summed E-state index contributed by atoms with van der Waals surface area (Å²) >= 11 is 0. The Bertz CT molecular complexity index is 1310. The van der Waals surface area contributed by atoms with Gasteiger partial charge in [-0.05, 0) is 65.9 Å². The van der Waals surface area contributed by atoms with E-state index in [2.05, 4.69) is 17.0 Å². The number of nitrogens with zero attached hydrogens (tertiary/aromatic N) is 2. The first kappa shape index (κ1) is 20.5. The molecule has 6 heteroatoms. The van der Waals surface area contributed by atoms with E-state index in [4.69, 9.17) is 9.47 Å². The number of carbonyl (C=O) groups is 2. The molecule has 0 N–H and O–H groups in total. The van der Waals surface area contributed by atoms with E-state index >= 15 is 0 Å². The first-order chi connectivity index (χ1) is 16.7. The summed E-state index contributed by atoms with van der Waals surface area (Å²) in [5.74, 6) is 0.705. The molecule has 3 heterocycles. The summed E-state index contributed by atoms with van der Waals surface area (Å²) in [5.41, 5.74) is 4.66. The van der Waals surface area contributed by atoms with E-state index in [0.29, 0.717) is 28.2 Å². The fourth-order valence-electron chi connectivity index (χ4n) is 4.83. The second kappa shape index (κ2) is 8.37. The average molecular weight is 453 g/mol. The number of benzene rings is 3. The number of carbonyl (C=O) groups excluding carboxylic acids is 2. The molecule has 0 spiro atoms. The van der Waals surface area contributed by atoms with Crippen LogP contribution in [0.15, 0.2) is 66.7 Å². The molecule has 0 aliphatic carbocycles. The van der Waals surface area contributed by atoms with Crippen LogP contribution < -0.4 is 14.4 Å². The van der Waals surface area contributed by atoms with Gasteiger partial charge in [-0.1, -0.05) is 36.4 Å². The summed E-state index contributed by atoms with van der Waals surface area (Å²) in [5, 5.41) is 0. The fourth-order valence-corrected chi connectivity index (χ4v) is 4.83. The van der Waals surface area contributed by atoms with Crippen molar-refractivity contribution < 1.29 is 19.1 Å². The lowest BCUT2D eigenvalue weighted by Gasteiger charge is -2.29. The topological polar surface area (TPSA) is 59.1 Å². The molecule has 170 valence electrons. The zero-order valence-electron chi connectivity index (χ0n) is 18.7. The molecule has 2 amide bonds. The maximum atomic E-state index is 13.6. The third-order valence-electron chi connectivity index (χ3n) is 6.62. The Morgan fingerprint density at radius 3 is 2.32 bits per heavy atom. The Balaban J connectivity index is 1.34. The van der Waals surface area contributed by atoms with Crippen LogP contribution in [0.1, 0.15) is 39.9 Å². The Labute approximate surface area is 198 Å². The van der Waals surface area contributed by atoms with Crippen molar-refractivity contribution in [3.63, 3.8) is 0 Å². The van der Waals surface area contributed by atoms with Crippen LogP contribution in [0.4, 0.5) is 5.69 Å². The quantitative estimate of drug-likeness (QED) is 0.423. The normalized spacial score (nSPS) is 18.1. The zero-order chi connectivity index (χ0) is 23.1. The molecule has 0 bridgehead atoms. The van der Waals surface area contributed by atoms with Crippen molar-refractivity contribution in [1.29, 1.82) is 0 Å². The number of amides is 2. The summed E-state index contributed by atoms with van der Waals surface area (Å²) in [7, 11) is 0. The van der Waals surface area contributed by atoms with E-state index in [1.165, 1.54) is 23.4 Å². The molecule has 34 heavy (non-hydrogen) atoms. The van der Waals surface area contributed by atoms with E-state index in [0.717, 1.165) is 24.2 Å². The van der Waals surface area contributed by atoms with Gasteiger partial charge in [0, 0.05) is 29.9 Å². The number of fused-ring (bicyclic) bond motifs is 2. The van der Waals surface area contributed by atoms with Gasteiger partial charge in [-0.2, -0.15) is 0 Å². The SMILES string of the molecule is O=C1/C(=C/c2ccc(N3CCCC3)cc2)c2ccccc2C(=O)N1Cc1ccc2c(c1)OCO2. The van der Waals surface area contributed by atoms with Gasteiger partial charge in [-0.25, -0.2) is 0 Å². The minimum Gasteiger partial charge on any atom is -0.454 e. The number of imide groups is 1. The molecule has 3 aliphatic heterocycles. The molecule has 3 aromatic rings. The summed E-state index contributed by atoms with van der Waals surface area (Å²) in [6.07, 6.45) is 4.34. The molecular formula is C28H24N2O4. The van der Waals surface area contributed by atoms with Gasteiger partial charge in [-0.3, -0.25) is 14.5 Å². The molecule has 0 aromatic heterocycles. The van der Waals surface area contributed by atoms with E-state index in [9.17, 15) is 9.59 Å². The smallest absolute Gasteiger partial charge is 0.261 e. The van der Waals surface area contributed by atoms with Crippen LogP contribution in [0.25, 0.3) is 11.6 Å². The predicted octanol–water partition coefficient (Wildman–Crippen LogP) is 4.74. The van der Waals surface area contributed by atoms with Crippen LogP contribution in [-0.2, 0) is 11.3 Å². The Morgan fingerprint density at radius 1 is 0.794 bits per heavy atom. The highest BCUT2D eigenvalue weighted by Gasteiger charge is 2.34. The lowest BCUT2D eigenvalue weighted by Crippen LogP contribution is -2.41. The van der Waals surface area contributed by atoms with Crippen LogP contribution in [0, 0.1) is 0 Å².